The Labute approximate surface area is 186 Å². The molecule has 0 unspecified atom stereocenters. The monoisotopic (exact) mass is 440 g/mol. The zero-order valence-electron chi connectivity index (χ0n) is 17.0. The Morgan fingerprint density at radius 3 is 2.73 bits per heavy atom. The van der Waals surface area contributed by atoms with Gasteiger partial charge in [-0.25, -0.2) is 4.99 Å². The van der Waals surface area contributed by atoms with Gasteiger partial charge < -0.3 is 5.11 Å². The van der Waals surface area contributed by atoms with Crippen LogP contribution >= 0.6 is 23.4 Å². The number of amidine groups is 1. The van der Waals surface area contributed by atoms with E-state index in [2.05, 4.69) is 13.0 Å². The first-order valence-electron chi connectivity index (χ1n) is 10.4. The molecule has 4 rings (SSSR count). The third kappa shape index (κ3) is 4.42. The van der Waals surface area contributed by atoms with Crippen LogP contribution in [0, 0.1) is 0 Å². The van der Waals surface area contributed by atoms with Crippen LogP contribution in [0.5, 0.6) is 5.75 Å². The number of hydrogen-bond donors (Lipinski definition) is 1. The molecule has 1 aliphatic carbocycles. The van der Waals surface area contributed by atoms with E-state index in [-0.39, 0.29) is 17.7 Å². The highest BCUT2D eigenvalue weighted by atomic mass is 35.5. The van der Waals surface area contributed by atoms with E-state index in [0.29, 0.717) is 15.5 Å². The highest BCUT2D eigenvalue weighted by molar-refractivity contribution is 8.18. The lowest BCUT2D eigenvalue weighted by Crippen LogP contribution is -2.40. The number of carbonyl (C=O) groups excluding carboxylic acids is 1. The summed E-state index contributed by atoms with van der Waals surface area (Å²) in [6, 6.07) is 13.1. The largest absolute Gasteiger partial charge is 0.507 e. The summed E-state index contributed by atoms with van der Waals surface area (Å²) >= 11 is 7.47. The molecule has 156 valence electrons. The summed E-state index contributed by atoms with van der Waals surface area (Å²) in [5.74, 6) is 0.0604. The second kappa shape index (κ2) is 9.27. The van der Waals surface area contributed by atoms with Crippen molar-refractivity contribution in [3.05, 3.63) is 63.5 Å². The molecule has 0 spiro atoms. The van der Waals surface area contributed by atoms with Gasteiger partial charge in [-0.05, 0) is 66.9 Å². The number of rotatable bonds is 4. The van der Waals surface area contributed by atoms with Gasteiger partial charge in [0.2, 0.25) is 0 Å². The Kier molecular flexibility index (Phi) is 6.49. The molecule has 1 amide bonds. The van der Waals surface area contributed by atoms with Crippen LogP contribution in [0.25, 0.3) is 6.08 Å². The van der Waals surface area contributed by atoms with Gasteiger partial charge in [-0.15, -0.1) is 0 Å². The quantitative estimate of drug-likeness (QED) is 0.548. The zero-order valence-corrected chi connectivity index (χ0v) is 18.5. The summed E-state index contributed by atoms with van der Waals surface area (Å²) in [5, 5.41) is 11.4. The van der Waals surface area contributed by atoms with Gasteiger partial charge in [0.1, 0.15) is 5.75 Å². The average Bonchev–Trinajstić information content (AvgIpc) is 3.06. The number of carbonyl (C=O) groups is 1. The fourth-order valence-corrected chi connectivity index (χ4v) is 5.25. The van der Waals surface area contributed by atoms with Crippen LogP contribution in [0.15, 0.2) is 52.4 Å². The average molecular weight is 441 g/mol. The molecule has 1 saturated carbocycles. The van der Waals surface area contributed by atoms with Crippen molar-refractivity contribution in [1.82, 2.24) is 4.90 Å². The second-order valence-corrected chi connectivity index (χ2v) is 9.10. The molecule has 0 aromatic heterocycles. The topological polar surface area (TPSA) is 52.9 Å². The number of benzene rings is 2. The van der Waals surface area contributed by atoms with Crippen molar-refractivity contribution in [2.45, 2.75) is 51.5 Å². The van der Waals surface area contributed by atoms with Gasteiger partial charge in [0.05, 0.1) is 10.6 Å². The molecule has 0 bridgehead atoms. The Hall–Kier alpha value is -2.24. The number of nitrogens with zero attached hydrogens (tertiary/aromatic N) is 2. The number of thioether (sulfide) groups is 1. The maximum Gasteiger partial charge on any atom is 0.267 e. The summed E-state index contributed by atoms with van der Waals surface area (Å²) < 4.78 is 0. The molecule has 1 saturated heterocycles. The van der Waals surface area contributed by atoms with Crippen LogP contribution in [0.1, 0.15) is 50.2 Å². The lowest BCUT2D eigenvalue weighted by Gasteiger charge is -2.30. The molecule has 6 heteroatoms. The minimum Gasteiger partial charge on any atom is -0.507 e. The van der Waals surface area contributed by atoms with Gasteiger partial charge in [0, 0.05) is 16.6 Å². The molecule has 2 aliphatic rings. The summed E-state index contributed by atoms with van der Waals surface area (Å²) in [4.78, 5) is 20.8. The Balaban J connectivity index is 1.75. The number of aliphatic imine (C=N–C) groups is 1. The van der Waals surface area contributed by atoms with Crippen LogP contribution in [-0.4, -0.2) is 27.1 Å². The van der Waals surface area contributed by atoms with E-state index < -0.39 is 0 Å². The van der Waals surface area contributed by atoms with E-state index in [1.807, 2.05) is 23.1 Å². The fraction of sp³-hybridized carbons (Fsp3) is 0.333. The third-order valence-corrected chi connectivity index (χ3v) is 6.86. The number of halogens is 1. The Morgan fingerprint density at radius 2 is 1.97 bits per heavy atom. The number of phenols is 1. The van der Waals surface area contributed by atoms with Crippen LogP contribution in [0.3, 0.4) is 0 Å². The highest BCUT2D eigenvalue weighted by Gasteiger charge is 2.38. The van der Waals surface area contributed by atoms with E-state index in [0.717, 1.165) is 48.5 Å². The number of amides is 1. The van der Waals surface area contributed by atoms with Crippen LogP contribution in [-0.2, 0) is 11.2 Å². The molecule has 0 radical (unpaired) electrons. The minimum absolute atomic E-state index is 0.0426. The maximum absolute atomic E-state index is 13.4. The molecule has 2 aromatic carbocycles. The number of para-hydroxylation sites is 1. The van der Waals surface area contributed by atoms with Gasteiger partial charge in [0.15, 0.2) is 5.17 Å². The smallest absolute Gasteiger partial charge is 0.267 e. The predicted octanol–water partition coefficient (Wildman–Crippen LogP) is 6.54. The molecular weight excluding hydrogens is 416 g/mol. The number of aromatic hydroxyl groups is 1. The fourth-order valence-electron chi connectivity index (χ4n) is 4.03. The lowest BCUT2D eigenvalue weighted by molar-refractivity contribution is -0.124. The summed E-state index contributed by atoms with van der Waals surface area (Å²) in [6.45, 7) is 2.11. The third-order valence-electron chi connectivity index (χ3n) is 5.64. The van der Waals surface area contributed by atoms with Crippen LogP contribution < -0.4 is 0 Å². The highest BCUT2D eigenvalue weighted by Crippen LogP contribution is 2.40. The first-order chi connectivity index (χ1) is 14.6. The van der Waals surface area contributed by atoms with E-state index in [1.165, 1.54) is 18.2 Å². The summed E-state index contributed by atoms with van der Waals surface area (Å²) in [5.41, 5.74) is 2.60. The minimum atomic E-state index is -0.0426. The van der Waals surface area contributed by atoms with Crippen molar-refractivity contribution < 1.29 is 9.90 Å². The molecule has 30 heavy (non-hydrogen) atoms. The zero-order chi connectivity index (χ0) is 21.1. The first kappa shape index (κ1) is 21.0. The normalized spacial score (nSPS) is 20.5. The van der Waals surface area contributed by atoms with E-state index in [4.69, 9.17) is 16.6 Å². The lowest BCUT2D eigenvalue weighted by atomic mass is 9.94. The van der Waals surface area contributed by atoms with Crippen molar-refractivity contribution in [3.8, 4) is 5.75 Å². The molecule has 0 atom stereocenters. The number of phenolic OH excluding ortho intramolecular Hbond substituents is 1. The van der Waals surface area contributed by atoms with E-state index in [9.17, 15) is 9.90 Å². The second-order valence-electron chi connectivity index (χ2n) is 7.66. The SMILES string of the molecule is CCc1ccccc1N=C1S/C(=C/c2cc(Cl)ccc2O)C(=O)N1C1CCCCC1. The first-order valence-corrected chi connectivity index (χ1v) is 11.6. The maximum atomic E-state index is 13.4. The summed E-state index contributed by atoms with van der Waals surface area (Å²) in [7, 11) is 0. The standard InChI is InChI=1S/C24H25ClN2O2S/c1-2-16-8-6-7-11-20(16)26-24-27(19-9-4-3-5-10-19)23(29)22(30-24)15-17-14-18(25)12-13-21(17)28/h6-8,11-15,19,28H,2-5,9-10H2,1H3/b22-15+,26-24?. The van der Waals surface area contributed by atoms with Crippen molar-refractivity contribution in [2.24, 2.45) is 4.99 Å². The molecule has 4 nitrogen and oxygen atoms in total. The van der Waals surface area contributed by atoms with Crippen molar-refractivity contribution in [1.29, 1.82) is 0 Å². The number of aryl methyl sites for hydroxylation is 1. The van der Waals surface area contributed by atoms with Gasteiger partial charge in [-0.1, -0.05) is 56.0 Å². The molecule has 2 fully saturated rings. The van der Waals surface area contributed by atoms with Crippen molar-refractivity contribution in [2.75, 3.05) is 0 Å². The van der Waals surface area contributed by atoms with Crippen LogP contribution in [0.4, 0.5) is 5.69 Å². The van der Waals surface area contributed by atoms with Gasteiger partial charge in [-0.3, -0.25) is 9.69 Å². The molecular formula is C24H25ClN2O2S. The predicted molar refractivity (Wildman–Crippen MR) is 125 cm³/mol. The molecule has 1 aliphatic heterocycles. The Morgan fingerprint density at radius 1 is 1.20 bits per heavy atom. The van der Waals surface area contributed by atoms with E-state index >= 15 is 0 Å². The van der Waals surface area contributed by atoms with E-state index in [1.54, 1.807) is 24.3 Å². The Bertz CT molecular complexity index is 1010. The van der Waals surface area contributed by atoms with Gasteiger partial charge in [-0.2, -0.15) is 0 Å². The molecule has 1 N–H and O–H groups in total. The van der Waals surface area contributed by atoms with Crippen LogP contribution in [0.2, 0.25) is 5.02 Å². The molecule has 2 aromatic rings. The van der Waals surface area contributed by atoms with Gasteiger partial charge >= 0.3 is 0 Å². The van der Waals surface area contributed by atoms with Crippen molar-refractivity contribution >= 4 is 46.2 Å². The van der Waals surface area contributed by atoms with Gasteiger partial charge in [0.25, 0.3) is 5.91 Å². The molecule has 1 heterocycles. The number of hydrogen-bond acceptors (Lipinski definition) is 4. The summed E-state index contributed by atoms with van der Waals surface area (Å²) in [6.07, 6.45) is 8.08. The van der Waals surface area contributed by atoms with Crippen molar-refractivity contribution in [3.63, 3.8) is 0 Å².